The van der Waals surface area contributed by atoms with Gasteiger partial charge in [-0.05, 0) is 19.9 Å². The van der Waals surface area contributed by atoms with Crippen molar-refractivity contribution in [1.82, 2.24) is 20.7 Å². The minimum Gasteiger partial charge on any atom is -0.376 e. The van der Waals surface area contributed by atoms with Crippen LogP contribution in [0.15, 0.2) is 0 Å². The van der Waals surface area contributed by atoms with E-state index in [1.54, 1.807) is 5.01 Å². The molecule has 0 spiro atoms. The van der Waals surface area contributed by atoms with Crippen LogP contribution < -0.4 is 10.7 Å². The number of nitrogens with zero attached hydrogens (tertiary/aromatic N) is 2. The third-order valence-electron chi connectivity index (χ3n) is 3.48. The maximum Gasteiger partial charge on any atom is 0.323 e. The molecule has 0 bridgehead atoms. The van der Waals surface area contributed by atoms with E-state index in [9.17, 15) is 9.59 Å². The smallest absolute Gasteiger partial charge is 0.323 e. The molecule has 0 aromatic rings. The SMILES string of the molecule is CN1CCN(NC(=O)C(=O)NCC2CCCO2)CC1. The first-order valence-corrected chi connectivity index (χ1v) is 6.79. The van der Waals surface area contributed by atoms with Crippen LogP contribution in [0.2, 0.25) is 0 Å². The number of ether oxygens (including phenoxy) is 1. The number of carbonyl (C=O) groups excluding carboxylic acids is 2. The molecule has 1 unspecified atom stereocenters. The maximum absolute atomic E-state index is 11.7. The summed E-state index contributed by atoms with van der Waals surface area (Å²) in [6.45, 7) is 4.40. The summed E-state index contributed by atoms with van der Waals surface area (Å²) in [7, 11) is 2.04. The first-order chi connectivity index (χ1) is 9.15. The molecule has 0 aliphatic carbocycles. The molecule has 2 rings (SSSR count). The summed E-state index contributed by atoms with van der Waals surface area (Å²) in [6.07, 6.45) is 2.02. The fourth-order valence-corrected chi connectivity index (χ4v) is 2.20. The van der Waals surface area contributed by atoms with Crippen molar-refractivity contribution in [2.24, 2.45) is 0 Å². The van der Waals surface area contributed by atoms with Gasteiger partial charge in [-0.15, -0.1) is 0 Å². The number of nitrogens with one attached hydrogen (secondary N) is 2. The molecule has 2 saturated heterocycles. The van der Waals surface area contributed by atoms with E-state index < -0.39 is 11.8 Å². The van der Waals surface area contributed by atoms with Gasteiger partial charge in [-0.3, -0.25) is 15.0 Å². The average Bonchev–Trinajstić information content (AvgIpc) is 2.91. The Morgan fingerprint density at radius 3 is 2.58 bits per heavy atom. The quantitative estimate of drug-likeness (QED) is 0.615. The zero-order valence-electron chi connectivity index (χ0n) is 11.4. The molecule has 2 aliphatic rings. The van der Waals surface area contributed by atoms with Crippen molar-refractivity contribution in [2.75, 3.05) is 46.4 Å². The lowest BCUT2D eigenvalue weighted by molar-refractivity contribution is -0.142. The van der Waals surface area contributed by atoms with Crippen LogP contribution in [0.4, 0.5) is 0 Å². The zero-order chi connectivity index (χ0) is 13.7. The van der Waals surface area contributed by atoms with Gasteiger partial charge in [0.1, 0.15) is 0 Å². The molecular weight excluding hydrogens is 248 g/mol. The molecule has 2 aliphatic heterocycles. The van der Waals surface area contributed by atoms with Crippen molar-refractivity contribution in [3.63, 3.8) is 0 Å². The van der Waals surface area contributed by atoms with Gasteiger partial charge in [0, 0.05) is 39.3 Å². The summed E-state index contributed by atoms with van der Waals surface area (Å²) >= 11 is 0. The minimum atomic E-state index is -0.595. The second kappa shape index (κ2) is 6.83. The Labute approximate surface area is 113 Å². The summed E-state index contributed by atoms with van der Waals surface area (Å²) in [6, 6.07) is 0. The Balaban J connectivity index is 1.65. The lowest BCUT2D eigenvalue weighted by atomic mass is 10.2. The van der Waals surface area contributed by atoms with Crippen molar-refractivity contribution in [2.45, 2.75) is 18.9 Å². The summed E-state index contributed by atoms with van der Waals surface area (Å²) in [5.74, 6) is -1.18. The van der Waals surface area contributed by atoms with E-state index in [0.29, 0.717) is 6.54 Å². The molecule has 108 valence electrons. The number of piperazine rings is 1. The highest BCUT2D eigenvalue weighted by molar-refractivity contribution is 6.34. The zero-order valence-corrected chi connectivity index (χ0v) is 11.4. The van der Waals surface area contributed by atoms with Gasteiger partial charge in [-0.2, -0.15) is 0 Å². The Bertz CT molecular complexity index is 323. The van der Waals surface area contributed by atoms with Crippen LogP contribution in [0.1, 0.15) is 12.8 Å². The molecular formula is C12H22N4O3. The van der Waals surface area contributed by atoms with E-state index in [0.717, 1.165) is 45.6 Å². The monoisotopic (exact) mass is 270 g/mol. The Kier molecular flexibility index (Phi) is 5.12. The van der Waals surface area contributed by atoms with Crippen LogP contribution in [0.5, 0.6) is 0 Å². The highest BCUT2D eigenvalue weighted by atomic mass is 16.5. The van der Waals surface area contributed by atoms with E-state index in [1.807, 2.05) is 7.05 Å². The van der Waals surface area contributed by atoms with E-state index in [1.165, 1.54) is 0 Å². The standard InChI is InChI=1S/C12H22N4O3/c1-15-4-6-16(7-5-15)14-12(18)11(17)13-9-10-3-2-8-19-10/h10H,2-9H2,1H3,(H,13,17)(H,14,18). The number of hydrazine groups is 1. The van der Waals surface area contributed by atoms with Crippen molar-refractivity contribution < 1.29 is 14.3 Å². The highest BCUT2D eigenvalue weighted by Crippen LogP contribution is 2.10. The largest absolute Gasteiger partial charge is 0.376 e. The normalized spacial score (nSPS) is 25.2. The Morgan fingerprint density at radius 2 is 1.95 bits per heavy atom. The Morgan fingerprint density at radius 1 is 1.21 bits per heavy atom. The first-order valence-electron chi connectivity index (χ1n) is 6.79. The number of rotatable bonds is 3. The van der Waals surface area contributed by atoms with E-state index in [-0.39, 0.29) is 6.10 Å². The van der Waals surface area contributed by atoms with Gasteiger partial charge in [0.25, 0.3) is 0 Å². The van der Waals surface area contributed by atoms with Gasteiger partial charge in [0.05, 0.1) is 6.10 Å². The van der Waals surface area contributed by atoms with Crippen molar-refractivity contribution in [3.05, 3.63) is 0 Å². The summed E-state index contributed by atoms with van der Waals surface area (Å²) in [4.78, 5) is 25.5. The number of carbonyl (C=O) groups is 2. The molecule has 7 heteroatoms. The van der Waals surface area contributed by atoms with Crippen LogP contribution in [0, 0.1) is 0 Å². The molecule has 0 saturated carbocycles. The fourth-order valence-electron chi connectivity index (χ4n) is 2.20. The molecule has 2 heterocycles. The number of likely N-dealkylation sites (N-methyl/N-ethyl adjacent to an activating group) is 1. The summed E-state index contributed by atoms with van der Waals surface area (Å²) < 4.78 is 5.38. The summed E-state index contributed by atoms with van der Waals surface area (Å²) in [5, 5.41) is 4.40. The maximum atomic E-state index is 11.7. The third kappa shape index (κ3) is 4.45. The third-order valence-corrected chi connectivity index (χ3v) is 3.48. The lowest BCUT2D eigenvalue weighted by Crippen LogP contribution is -2.55. The second-order valence-corrected chi connectivity index (χ2v) is 5.08. The molecule has 0 aromatic carbocycles. The molecule has 19 heavy (non-hydrogen) atoms. The van der Waals surface area contributed by atoms with Gasteiger partial charge >= 0.3 is 11.8 Å². The van der Waals surface area contributed by atoms with Crippen molar-refractivity contribution >= 4 is 11.8 Å². The minimum absolute atomic E-state index is 0.0559. The fraction of sp³-hybridized carbons (Fsp3) is 0.833. The number of amides is 2. The van der Waals surface area contributed by atoms with Gasteiger partial charge in [-0.25, -0.2) is 5.01 Å². The van der Waals surface area contributed by atoms with Crippen LogP contribution >= 0.6 is 0 Å². The lowest BCUT2D eigenvalue weighted by Gasteiger charge is -2.32. The van der Waals surface area contributed by atoms with Crippen molar-refractivity contribution in [3.8, 4) is 0 Å². The predicted octanol–water partition coefficient (Wildman–Crippen LogP) is -1.44. The molecule has 2 fully saturated rings. The van der Waals surface area contributed by atoms with Crippen LogP contribution in [-0.4, -0.2) is 74.2 Å². The van der Waals surface area contributed by atoms with E-state index in [2.05, 4.69) is 15.6 Å². The number of hydrogen-bond donors (Lipinski definition) is 2. The topological polar surface area (TPSA) is 73.9 Å². The molecule has 2 N–H and O–H groups in total. The predicted molar refractivity (Wildman–Crippen MR) is 69.2 cm³/mol. The molecule has 2 amide bonds. The van der Waals surface area contributed by atoms with Gasteiger partial charge in [0.15, 0.2) is 0 Å². The van der Waals surface area contributed by atoms with E-state index in [4.69, 9.17) is 4.74 Å². The average molecular weight is 270 g/mol. The molecule has 1 atom stereocenters. The Hall–Kier alpha value is -1.18. The summed E-state index contributed by atoms with van der Waals surface area (Å²) in [5.41, 5.74) is 2.63. The second-order valence-electron chi connectivity index (χ2n) is 5.08. The van der Waals surface area contributed by atoms with Gasteiger partial charge in [-0.1, -0.05) is 0 Å². The van der Waals surface area contributed by atoms with Gasteiger partial charge in [0.2, 0.25) is 0 Å². The van der Waals surface area contributed by atoms with E-state index >= 15 is 0 Å². The number of hydrogen-bond acceptors (Lipinski definition) is 5. The highest BCUT2D eigenvalue weighted by Gasteiger charge is 2.22. The van der Waals surface area contributed by atoms with Crippen LogP contribution in [-0.2, 0) is 14.3 Å². The van der Waals surface area contributed by atoms with Crippen LogP contribution in [0.3, 0.4) is 0 Å². The molecule has 0 aromatic heterocycles. The molecule has 7 nitrogen and oxygen atoms in total. The van der Waals surface area contributed by atoms with Crippen LogP contribution in [0.25, 0.3) is 0 Å². The molecule has 0 radical (unpaired) electrons. The van der Waals surface area contributed by atoms with Crippen molar-refractivity contribution in [1.29, 1.82) is 0 Å². The van der Waals surface area contributed by atoms with Gasteiger partial charge < -0.3 is 15.0 Å². The first kappa shape index (κ1) is 14.2.